The van der Waals surface area contributed by atoms with Crippen LogP contribution >= 0.6 is 0 Å². The van der Waals surface area contributed by atoms with Crippen molar-refractivity contribution in [3.05, 3.63) is 83.9 Å². The van der Waals surface area contributed by atoms with Gasteiger partial charge in [0.1, 0.15) is 5.69 Å². The van der Waals surface area contributed by atoms with Crippen LogP contribution in [0.2, 0.25) is 0 Å². The molecule has 2 heteroatoms. The Morgan fingerprint density at radius 2 is 1.52 bits per heavy atom. The van der Waals surface area contributed by atoms with Gasteiger partial charge in [0.25, 0.3) is 0 Å². The number of fused-ring (bicyclic) bond motifs is 1. The van der Waals surface area contributed by atoms with E-state index in [0.717, 1.165) is 16.9 Å². The first kappa shape index (κ1) is 13.8. The summed E-state index contributed by atoms with van der Waals surface area (Å²) in [5.41, 5.74) is 6.99. The zero-order valence-corrected chi connectivity index (χ0v) is 13.3. The van der Waals surface area contributed by atoms with Crippen molar-refractivity contribution in [2.75, 3.05) is 0 Å². The number of benzene rings is 3. The predicted molar refractivity (Wildman–Crippen MR) is 96.0 cm³/mol. The molecule has 3 aromatic carbocycles. The molecule has 1 aromatic heterocycles. The van der Waals surface area contributed by atoms with Crippen molar-refractivity contribution in [2.45, 2.75) is 13.8 Å². The Morgan fingerprint density at radius 3 is 2.30 bits per heavy atom. The van der Waals surface area contributed by atoms with Crippen LogP contribution in [0.25, 0.3) is 27.8 Å². The SMILES string of the molecule is Cc1ccc(-c2nn(-c3ccccc3)c3ccccc23)c(C)c1. The smallest absolute Gasteiger partial charge is 0.101 e. The molecule has 4 rings (SSSR count). The summed E-state index contributed by atoms with van der Waals surface area (Å²) in [6.45, 7) is 4.27. The maximum absolute atomic E-state index is 4.94. The molecule has 1 heterocycles. The van der Waals surface area contributed by atoms with Gasteiger partial charge < -0.3 is 0 Å². The zero-order valence-electron chi connectivity index (χ0n) is 13.3. The molecule has 0 radical (unpaired) electrons. The standard InChI is InChI=1S/C21H18N2/c1-15-12-13-18(16(2)14-15)21-19-10-6-7-11-20(19)23(22-21)17-8-4-3-5-9-17/h3-14H,1-2H3. The van der Waals surface area contributed by atoms with Crippen LogP contribution in [0, 0.1) is 13.8 Å². The number of aryl methyl sites for hydroxylation is 2. The average Bonchev–Trinajstić information content (AvgIpc) is 2.95. The van der Waals surface area contributed by atoms with Gasteiger partial charge in [-0.3, -0.25) is 0 Å². The van der Waals surface area contributed by atoms with Gasteiger partial charge in [0, 0.05) is 10.9 Å². The van der Waals surface area contributed by atoms with E-state index in [1.54, 1.807) is 0 Å². The highest BCUT2D eigenvalue weighted by molar-refractivity contribution is 5.95. The number of hydrogen-bond acceptors (Lipinski definition) is 1. The van der Waals surface area contributed by atoms with E-state index in [4.69, 9.17) is 5.10 Å². The van der Waals surface area contributed by atoms with Crippen LogP contribution in [0.1, 0.15) is 11.1 Å². The van der Waals surface area contributed by atoms with E-state index >= 15 is 0 Å². The third-order valence-corrected chi connectivity index (χ3v) is 4.23. The van der Waals surface area contributed by atoms with E-state index in [1.165, 1.54) is 22.1 Å². The van der Waals surface area contributed by atoms with Gasteiger partial charge in [0.2, 0.25) is 0 Å². The highest BCUT2D eigenvalue weighted by atomic mass is 15.3. The normalized spacial score (nSPS) is 11.0. The van der Waals surface area contributed by atoms with Crippen molar-refractivity contribution < 1.29 is 0 Å². The van der Waals surface area contributed by atoms with E-state index in [-0.39, 0.29) is 0 Å². The molecule has 2 nitrogen and oxygen atoms in total. The van der Waals surface area contributed by atoms with Crippen LogP contribution in [0.5, 0.6) is 0 Å². The summed E-state index contributed by atoms with van der Waals surface area (Å²) < 4.78 is 2.03. The van der Waals surface area contributed by atoms with Crippen molar-refractivity contribution in [2.24, 2.45) is 0 Å². The fraction of sp³-hybridized carbons (Fsp3) is 0.0952. The maximum Gasteiger partial charge on any atom is 0.101 e. The molecule has 0 N–H and O–H groups in total. The number of hydrogen-bond donors (Lipinski definition) is 0. The number of rotatable bonds is 2. The lowest BCUT2D eigenvalue weighted by atomic mass is 10.0. The molecule has 0 fully saturated rings. The zero-order chi connectivity index (χ0) is 15.8. The summed E-state index contributed by atoms with van der Waals surface area (Å²) in [6.07, 6.45) is 0. The summed E-state index contributed by atoms with van der Waals surface area (Å²) in [7, 11) is 0. The molecule has 0 unspecified atom stereocenters. The van der Waals surface area contributed by atoms with E-state index in [1.807, 2.05) is 22.9 Å². The third-order valence-electron chi connectivity index (χ3n) is 4.23. The Balaban J connectivity index is 2.02. The molecule has 0 aliphatic carbocycles. The Hall–Kier alpha value is -2.87. The van der Waals surface area contributed by atoms with Crippen LogP contribution < -0.4 is 0 Å². The number of nitrogens with zero attached hydrogens (tertiary/aromatic N) is 2. The van der Waals surface area contributed by atoms with Gasteiger partial charge in [0.05, 0.1) is 11.2 Å². The molecule has 0 spiro atoms. The molecule has 0 bridgehead atoms. The van der Waals surface area contributed by atoms with E-state index in [0.29, 0.717) is 0 Å². The minimum atomic E-state index is 1.04. The molecule has 112 valence electrons. The number of aromatic nitrogens is 2. The van der Waals surface area contributed by atoms with Crippen LogP contribution in [0.15, 0.2) is 72.8 Å². The molecule has 0 aliphatic heterocycles. The molecular formula is C21H18N2. The van der Waals surface area contributed by atoms with Gasteiger partial charge in [-0.25, -0.2) is 4.68 Å². The first-order chi connectivity index (χ1) is 11.2. The molecule has 0 saturated carbocycles. The molecule has 0 amide bonds. The van der Waals surface area contributed by atoms with Gasteiger partial charge in [-0.05, 0) is 37.6 Å². The van der Waals surface area contributed by atoms with Gasteiger partial charge in [0.15, 0.2) is 0 Å². The second-order valence-corrected chi connectivity index (χ2v) is 5.93. The van der Waals surface area contributed by atoms with E-state index in [9.17, 15) is 0 Å². The molecule has 23 heavy (non-hydrogen) atoms. The topological polar surface area (TPSA) is 17.8 Å². The molecular weight excluding hydrogens is 280 g/mol. The summed E-state index contributed by atoms with van der Waals surface area (Å²) in [6, 6.07) is 25.3. The first-order valence-electron chi connectivity index (χ1n) is 7.85. The minimum absolute atomic E-state index is 1.04. The van der Waals surface area contributed by atoms with Crippen molar-refractivity contribution in [1.82, 2.24) is 9.78 Å². The van der Waals surface area contributed by atoms with Crippen molar-refractivity contribution in [3.8, 4) is 16.9 Å². The van der Waals surface area contributed by atoms with Gasteiger partial charge in [-0.1, -0.05) is 60.2 Å². The van der Waals surface area contributed by atoms with Gasteiger partial charge in [-0.15, -0.1) is 0 Å². The van der Waals surface area contributed by atoms with Crippen molar-refractivity contribution in [3.63, 3.8) is 0 Å². The summed E-state index contributed by atoms with van der Waals surface area (Å²) in [5, 5.41) is 6.12. The monoisotopic (exact) mass is 298 g/mol. The lowest BCUT2D eigenvalue weighted by molar-refractivity contribution is 0.914. The Bertz CT molecular complexity index is 981. The maximum atomic E-state index is 4.94. The summed E-state index contributed by atoms with van der Waals surface area (Å²) >= 11 is 0. The summed E-state index contributed by atoms with van der Waals surface area (Å²) in [4.78, 5) is 0. The Morgan fingerprint density at radius 1 is 0.783 bits per heavy atom. The molecule has 4 aromatic rings. The van der Waals surface area contributed by atoms with Crippen LogP contribution in [0.4, 0.5) is 0 Å². The van der Waals surface area contributed by atoms with Crippen LogP contribution in [-0.4, -0.2) is 9.78 Å². The highest BCUT2D eigenvalue weighted by Crippen LogP contribution is 2.31. The molecule has 0 aliphatic rings. The Labute approximate surface area is 136 Å². The Kier molecular flexibility index (Phi) is 3.23. The highest BCUT2D eigenvalue weighted by Gasteiger charge is 2.14. The van der Waals surface area contributed by atoms with Crippen LogP contribution in [-0.2, 0) is 0 Å². The largest absolute Gasteiger partial charge is 0.232 e. The second kappa shape index (κ2) is 5.40. The third kappa shape index (κ3) is 2.33. The second-order valence-electron chi connectivity index (χ2n) is 5.93. The minimum Gasteiger partial charge on any atom is -0.232 e. The van der Waals surface area contributed by atoms with Crippen LogP contribution in [0.3, 0.4) is 0 Å². The average molecular weight is 298 g/mol. The number of para-hydroxylation sites is 2. The predicted octanol–water partition coefficient (Wildman–Crippen LogP) is 5.31. The first-order valence-corrected chi connectivity index (χ1v) is 7.85. The quantitative estimate of drug-likeness (QED) is 0.490. The van der Waals surface area contributed by atoms with Crippen molar-refractivity contribution in [1.29, 1.82) is 0 Å². The van der Waals surface area contributed by atoms with Gasteiger partial charge in [-0.2, -0.15) is 5.10 Å². The fourth-order valence-corrected chi connectivity index (χ4v) is 3.11. The van der Waals surface area contributed by atoms with Gasteiger partial charge >= 0.3 is 0 Å². The molecule has 0 atom stereocenters. The van der Waals surface area contributed by atoms with E-state index in [2.05, 4.69) is 68.4 Å². The van der Waals surface area contributed by atoms with Crippen molar-refractivity contribution >= 4 is 10.9 Å². The summed E-state index contributed by atoms with van der Waals surface area (Å²) in [5.74, 6) is 0. The lowest BCUT2D eigenvalue weighted by Crippen LogP contribution is -1.96. The lowest BCUT2D eigenvalue weighted by Gasteiger charge is -2.04. The van der Waals surface area contributed by atoms with E-state index < -0.39 is 0 Å². The molecule has 0 saturated heterocycles. The fourth-order valence-electron chi connectivity index (χ4n) is 3.11.